The van der Waals surface area contributed by atoms with Gasteiger partial charge in [-0.1, -0.05) is 12.1 Å². The van der Waals surface area contributed by atoms with Crippen LogP contribution in [0.1, 0.15) is 12.0 Å². The second-order valence-corrected chi connectivity index (χ2v) is 5.82. The van der Waals surface area contributed by atoms with E-state index >= 15 is 0 Å². The van der Waals surface area contributed by atoms with E-state index in [1.54, 1.807) is 12.1 Å². The fraction of sp³-hybridized carbons (Fsp3) is 0.529. The number of halogens is 1. The van der Waals surface area contributed by atoms with E-state index in [0.717, 1.165) is 44.8 Å². The largest absolute Gasteiger partial charge is 0.379 e. The maximum Gasteiger partial charge on any atom is 0.315 e. The quantitative estimate of drug-likeness (QED) is 0.594. The molecule has 8 heteroatoms. The molecule has 1 saturated heterocycles. The molecule has 0 aliphatic carbocycles. The second kappa shape index (κ2) is 10.6. The van der Waals surface area contributed by atoms with Crippen molar-refractivity contribution in [1.82, 2.24) is 20.9 Å². The fourth-order valence-corrected chi connectivity index (χ4v) is 2.43. The van der Waals surface area contributed by atoms with Gasteiger partial charge < -0.3 is 20.7 Å². The van der Waals surface area contributed by atoms with Crippen molar-refractivity contribution < 1.29 is 18.7 Å². The van der Waals surface area contributed by atoms with Crippen LogP contribution < -0.4 is 16.0 Å². The molecule has 1 aromatic rings. The van der Waals surface area contributed by atoms with Crippen LogP contribution in [-0.2, 0) is 16.1 Å². The van der Waals surface area contributed by atoms with Crippen LogP contribution >= 0.6 is 0 Å². The van der Waals surface area contributed by atoms with Crippen molar-refractivity contribution in [2.24, 2.45) is 0 Å². The molecule has 7 nitrogen and oxygen atoms in total. The summed E-state index contributed by atoms with van der Waals surface area (Å²) in [6, 6.07) is 5.42. The Morgan fingerprint density at radius 3 is 2.52 bits per heavy atom. The summed E-state index contributed by atoms with van der Waals surface area (Å²) in [5.74, 6) is -0.544. The van der Waals surface area contributed by atoms with Crippen LogP contribution in [0.5, 0.6) is 0 Å². The summed E-state index contributed by atoms with van der Waals surface area (Å²) in [5, 5.41) is 7.88. The number of hydrogen-bond acceptors (Lipinski definition) is 4. The van der Waals surface area contributed by atoms with Gasteiger partial charge in [0.15, 0.2) is 0 Å². The molecule has 1 aromatic carbocycles. The zero-order valence-corrected chi connectivity index (χ0v) is 14.2. The van der Waals surface area contributed by atoms with E-state index in [1.165, 1.54) is 12.1 Å². The summed E-state index contributed by atoms with van der Waals surface area (Å²) in [5.41, 5.74) is 0.782. The van der Waals surface area contributed by atoms with Gasteiger partial charge in [-0.3, -0.25) is 9.69 Å². The minimum atomic E-state index is -0.437. The highest BCUT2D eigenvalue weighted by Gasteiger charge is 2.10. The third-order valence-corrected chi connectivity index (χ3v) is 3.85. The summed E-state index contributed by atoms with van der Waals surface area (Å²) < 4.78 is 18.1. The van der Waals surface area contributed by atoms with Crippen molar-refractivity contribution in [3.05, 3.63) is 35.6 Å². The summed E-state index contributed by atoms with van der Waals surface area (Å²) in [6.45, 7) is 5.10. The van der Waals surface area contributed by atoms with Gasteiger partial charge in [0.1, 0.15) is 5.82 Å². The van der Waals surface area contributed by atoms with Crippen molar-refractivity contribution >= 4 is 11.9 Å². The number of nitrogens with one attached hydrogen (secondary N) is 3. The summed E-state index contributed by atoms with van der Waals surface area (Å²) in [4.78, 5) is 25.6. The Labute approximate surface area is 146 Å². The van der Waals surface area contributed by atoms with Gasteiger partial charge in [0.2, 0.25) is 5.91 Å². The van der Waals surface area contributed by atoms with Crippen molar-refractivity contribution in [3.8, 4) is 0 Å². The van der Waals surface area contributed by atoms with Crippen LogP contribution in [0, 0.1) is 5.82 Å². The van der Waals surface area contributed by atoms with Gasteiger partial charge in [0.05, 0.1) is 19.8 Å². The molecule has 0 aromatic heterocycles. The van der Waals surface area contributed by atoms with Crippen LogP contribution in [0.25, 0.3) is 0 Å². The average Bonchev–Trinajstić information content (AvgIpc) is 2.64. The number of rotatable bonds is 8. The van der Waals surface area contributed by atoms with Crippen molar-refractivity contribution in [3.63, 3.8) is 0 Å². The molecule has 2 rings (SSSR count). The van der Waals surface area contributed by atoms with Crippen molar-refractivity contribution in [2.45, 2.75) is 13.0 Å². The number of hydrogen-bond donors (Lipinski definition) is 3. The van der Waals surface area contributed by atoms with Gasteiger partial charge in [-0.15, -0.1) is 0 Å². The van der Waals surface area contributed by atoms with Gasteiger partial charge in [-0.05, 0) is 30.7 Å². The first-order chi connectivity index (χ1) is 12.1. The number of carbonyl (C=O) groups is 2. The first-order valence-electron chi connectivity index (χ1n) is 8.46. The summed E-state index contributed by atoms with van der Waals surface area (Å²) in [6.07, 6.45) is 0.864. The molecule has 138 valence electrons. The molecule has 3 amide bonds. The maximum atomic E-state index is 12.8. The molecule has 1 fully saturated rings. The predicted molar refractivity (Wildman–Crippen MR) is 91.5 cm³/mol. The minimum absolute atomic E-state index is 0.0766. The number of amides is 3. The Hall–Kier alpha value is -2.19. The molecule has 25 heavy (non-hydrogen) atoms. The van der Waals surface area contributed by atoms with E-state index in [1.807, 2.05) is 0 Å². The molecular formula is C17H25FN4O3. The van der Waals surface area contributed by atoms with Crippen LogP contribution in [0.3, 0.4) is 0 Å². The van der Waals surface area contributed by atoms with E-state index in [9.17, 15) is 14.0 Å². The van der Waals surface area contributed by atoms with Crippen LogP contribution in [0.15, 0.2) is 24.3 Å². The van der Waals surface area contributed by atoms with E-state index < -0.39 is 6.03 Å². The van der Waals surface area contributed by atoms with Crippen LogP contribution in [-0.4, -0.2) is 62.8 Å². The zero-order chi connectivity index (χ0) is 17.9. The van der Waals surface area contributed by atoms with E-state index in [2.05, 4.69) is 20.9 Å². The summed E-state index contributed by atoms with van der Waals surface area (Å²) in [7, 11) is 0. The van der Waals surface area contributed by atoms with Crippen molar-refractivity contribution in [2.75, 3.05) is 45.9 Å². The number of carbonyl (C=O) groups excluding carboxylic acids is 2. The third-order valence-electron chi connectivity index (χ3n) is 3.85. The lowest BCUT2D eigenvalue weighted by atomic mass is 10.2. The topological polar surface area (TPSA) is 82.7 Å². The second-order valence-electron chi connectivity index (χ2n) is 5.82. The zero-order valence-electron chi connectivity index (χ0n) is 14.2. The smallest absolute Gasteiger partial charge is 0.315 e. The maximum absolute atomic E-state index is 12.8. The highest BCUT2D eigenvalue weighted by molar-refractivity contribution is 5.83. The first-order valence-corrected chi connectivity index (χ1v) is 8.46. The lowest BCUT2D eigenvalue weighted by Crippen LogP contribution is -2.42. The Morgan fingerprint density at radius 2 is 1.80 bits per heavy atom. The van der Waals surface area contributed by atoms with E-state index in [4.69, 9.17) is 4.74 Å². The monoisotopic (exact) mass is 352 g/mol. The highest BCUT2D eigenvalue weighted by atomic mass is 19.1. The lowest BCUT2D eigenvalue weighted by molar-refractivity contribution is -0.120. The molecule has 0 radical (unpaired) electrons. The van der Waals surface area contributed by atoms with Gasteiger partial charge in [0, 0.05) is 26.2 Å². The highest BCUT2D eigenvalue weighted by Crippen LogP contribution is 2.01. The molecular weight excluding hydrogens is 327 g/mol. The minimum Gasteiger partial charge on any atom is -0.379 e. The van der Waals surface area contributed by atoms with Gasteiger partial charge >= 0.3 is 6.03 Å². The molecule has 1 aliphatic heterocycles. The van der Waals surface area contributed by atoms with E-state index in [0.29, 0.717) is 6.54 Å². The molecule has 0 bridgehead atoms. The lowest BCUT2D eigenvalue weighted by Gasteiger charge is -2.26. The fourth-order valence-electron chi connectivity index (χ4n) is 2.43. The molecule has 1 heterocycles. The number of benzene rings is 1. The standard InChI is InChI=1S/C17H25FN4O3/c18-15-4-2-14(3-5-15)12-20-17(24)21-13-16(23)19-6-1-7-22-8-10-25-11-9-22/h2-5H,1,6-13H2,(H,19,23)(H2,20,21,24). The number of morpholine rings is 1. The Balaban J connectivity index is 1.50. The van der Waals surface area contributed by atoms with E-state index in [-0.39, 0.29) is 24.8 Å². The Kier molecular flexibility index (Phi) is 8.14. The van der Waals surface area contributed by atoms with Gasteiger partial charge in [-0.25, -0.2) is 9.18 Å². The Morgan fingerprint density at radius 1 is 1.08 bits per heavy atom. The first kappa shape index (κ1) is 19.1. The van der Waals surface area contributed by atoms with Gasteiger partial charge in [0.25, 0.3) is 0 Å². The van der Waals surface area contributed by atoms with Crippen molar-refractivity contribution in [1.29, 1.82) is 0 Å². The average molecular weight is 352 g/mol. The Bertz CT molecular complexity index is 547. The molecule has 0 atom stereocenters. The van der Waals surface area contributed by atoms with Crippen LogP contribution in [0.2, 0.25) is 0 Å². The number of nitrogens with zero attached hydrogens (tertiary/aromatic N) is 1. The normalized spacial score (nSPS) is 14.8. The molecule has 0 spiro atoms. The number of urea groups is 1. The number of ether oxygens (including phenoxy) is 1. The van der Waals surface area contributed by atoms with Crippen LogP contribution in [0.4, 0.5) is 9.18 Å². The third kappa shape index (κ3) is 7.95. The SMILES string of the molecule is O=C(CNC(=O)NCc1ccc(F)cc1)NCCCN1CCOCC1. The molecule has 0 saturated carbocycles. The molecule has 0 unspecified atom stereocenters. The predicted octanol–water partition coefficient (Wildman–Crippen LogP) is 0.463. The molecule has 1 aliphatic rings. The molecule has 3 N–H and O–H groups in total. The van der Waals surface area contributed by atoms with Gasteiger partial charge in [-0.2, -0.15) is 0 Å². The summed E-state index contributed by atoms with van der Waals surface area (Å²) >= 11 is 0.